The highest BCUT2D eigenvalue weighted by Crippen LogP contribution is 2.40. The first-order valence-electron chi connectivity index (χ1n) is 11.1. The second kappa shape index (κ2) is 12.2. The number of carbonyl (C=O) groups is 3. The molecule has 0 unspecified atom stereocenters. The van der Waals surface area contributed by atoms with Gasteiger partial charge < -0.3 is 9.47 Å². The monoisotopic (exact) mass is 619 g/mol. The van der Waals surface area contributed by atoms with Crippen LogP contribution in [0.5, 0.6) is 11.5 Å². The first kappa shape index (κ1) is 27.3. The molecule has 2 amide bonds. The third-order valence-corrected chi connectivity index (χ3v) is 7.37. The van der Waals surface area contributed by atoms with Crippen LogP contribution in [0.15, 0.2) is 70.0 Å². The summed E-state index contributed by atoms with van der Waals surface area (Å²) in [5.41, 5.74) is 1.81. The van der Waals surface area contributed by atoms with Crippen LogP contribution in [-0.4, -0.2) is 35.0 Å². The zero-order valence-corrected chi connectivity index (χ0v) is 23.4. The topological polar surface area (TPSA) is 72.9 Å². The maximum atomic E-state index is 12.9. The molecule has 1 heterocycles. The van der Waals surface area contributed by atoms with Gasteiger partial charge in [-0.05, 0) is 70.5 Å². The van der Waals surface area contributed by atoms with E-state index in [-0.39, 0.29) is 23.8 Å². The van der Waals surface area contributed by atoms with E-state index >= 15 is 0 Å². The van der Waals surface area contributed by atoms with E-state index in [1.54, 1.807) is 66.7 Å². The molecule has 1 saturated heterocycles. The lowest BCUT2D eigenvalue weighted by atomic mass is 10.1. The summed E-state index contributed by atoms with van der Waals surface area (Å²) in [6, 6.07) is 17.2. The van der Waals surface area contributed by atoms with Gasteiger partial charge in [-0.1, -0.05) is 59.6 Å². The maximum absolute atomic E-state index is 12.9. The number of rotatable bonds is 9. The first-order valence-corrected chi connectivity index (χ1v) is 13.5. The Bertz CT molecular complexity index is 1400. The lowest BCUT2D eigenvalue weighted by Gasteiger charge is -2.15. The van der Waals surface area contributed by atoms with Gasteiger partial charge in [0.05, 0.1) is 22.5 Å². The lowest BCUT2D eigenvalue weighted by Crippen LogP contribution is -2.33. The quantitative estimate of drug-likeness (QED) is 0.181. The van der Waals surface area contributed by atoms with Crippen molar-refractivity contribution in [3.63, 3.8) is 0 Å². The van der Waals surface area contributed by atoms with Crippen LogP contribution in [-0.2, 0) is 11.4 Å². The van der Waals surface area contributed by atoms with Crippen molar-refractivity contribution < 1.29 is 23.9 Å². The summed E-state index contributed by atoms with van der Waals surface area (Å²) in [6.45, 7) is 2.09. The molecule has 0 atom stereocenters. The van der Waals surface area contributed by atoms with Gasteiger partial charge in [0.2, 0.25) is 0 Å². The number of nitrogens with zero attached hydrogens (tertiary/aromatic N) is 1. The van der Waals surface area contributed by atoms with Gasteiger partial charge in [0.15, 0.2) is 17.3 Å². The molecule has 1 fully saturated rings. The molecule has 6 nitrogen and oxygen atoms in total. The van der Waals surface area contributed by atoms with Crippen molar-refractivity contribution in [3.8, 4) is 11.5 Å². The molecular formula is C27H20BrCl2NO5S. The van der Waals surface area contributed by atoms with E-state index in [0.717, 1.165) is 22.2 Å². The van der Waals surface area contributed by atoms with E-state index in [2.05, 4.69) is 15.9 Å². The average Bonchev–Trinajstić information content (AvgIpc) is 3.12. The van der Waals surface area contributed by atoms with Crippen LogP contribution in [0.3, 0.4) is 0 Å². The van der Waals surface area contributed by atoms with Crippen LogP contribution in [0.1, 0.15) is 28.4 Å². The summed E-state index contributed by atoms with van der Waals surface area (Å²) in [5.74, 6) is 0.0807. The van der Waals surface area contributed by atoms with Crippen molar-refractivity contribution in [1.29, 1.82) is 0 Å². The Hall–Kier alpha value is -2.78. The largest absolute Gasteiger partial charge is 0.490 e. The molecular weight excluding hydrogens is 601 g/mol. The van der Waals surface area contributed by atoms with Crippen molar-refractivity contribution in [1.82, 2.24) is 4.90 Å². The van der Waals surface area contributed by atoms with E-state index in [1.807, 2.05) is 6.92 Å². The number of Topliss-reactive ketones (excluding diaryl/α,β-unsaturated/α-hetero) is 1. The van der Waals surface area contributed by atoms with Gasteiger partial charge in [0.25, 0.3) is 11.1 Å². The predicted molar refractivity (Wildman–Crippen MR) is 150 cm³/mol. The molecule has 0 spiro atoms. The lowest BCUT2D eigenvalue weighted by molar-refractivity contribution is -0.122. The Morgan fingerprint density at radius 3 is 2.51 bits per heavy atom. The highest BCUT2D eigenvalue weighted by atomic mass is 79.9. The standard InChI is InChI=1S/C27H20BrCl2NO5S/c1-2-35-23-11-16(10-20(28)25(23)36-15-18-8-9-19(29)13-21(18)30)12-24-26(33)31(27(34)37-24)14-22(32)17-6-4-3-5-7-17/h3-13H,2,14-15H2,1H3/b24-12-. The molecule has 0 aromatic heterocycles. The summed E-state index contributed by atoms with van der Waals surface area (Å²) < 4.78 is 12.4. The number of carbonyl (C=O) groups excluding carboxylic acids is 3. The minimum Gasteiger partial charge on any atom is -0.490 e. The number of imide groups is 1. The SMILES string of the molecule is CCOc1cc(/C=C2\SC(=O)N(CC(=O)c3ccccc3)C2=O)cc(Br)c1OCc1ccc(Cl)cc1Cl. The molecule has 3 aromatic carbocycles. The Morgan fingerprint density at radius 2 is 1.81 bits per heavy atom. The molecule has 0 N–H and O–H groups in total. The van der Waals surface area contributed by atoms with Crippen LogP contribution >= 0.6 is 50.9 Å². The Morgan fingerprint density at radius 1 is 1.05 bits per heavy atom. The van der Waals surface area contributed by atoms with E-state index in [0.29, 0.717) is 43.8 Å². The van der Waals surface area contributed by atoms with E-state index in [4.69, 9.17) is 32.7 Å². The highest BCUT2D eigenvalue weighted by Gasteiger charge is 2.36. The van der Waals surface area contributed by atoms with Gasteiger partial charge in [0.1, 0.15) is 6.61 Å². The third kappa shape index (κ3) is 6.57. The number of ketones is 1. The summed E-state index contributed by atoms with van der Waals surface area (Å²) in [7, 11) is 0. The molecule has 1 aliphatic rings. The fourth-order valence-corrected chi connectivity index (χ4v) is 5.39. The van der Waals surface area contributed by atoms with Crippen LogP contribution < -0.4 is 9.47 Å². The van der Waals surface area contributed by atoms with Crippen molar-refractivity contribution >= 4 is 73.9 Å². The number of benzene rings is 3. The predicted octanol–water partition coefficient (Wildman–Crippen LogP) is 7.65. The minimum atomic E-state index is -0.522. The molecule has 1 aliphatic heterocycles. The number of halogens is 3. The number of ether oxygens (including phenoxy) is 2. The zero-order chi connectivity index (χ0) is 26.5. The summed E-state index contributed by atoms with van der Waals surface area (Å²) in [5, 5.41) is 0.521. The van der Waals surface area contributed by atoms with Crippen molar-refractivity contribution in [2.45, 2.75) is 13.5 Å². The molecule has 0 saturated carbocycles. The normalized spacial score (nSPS) is 14.4. The summed E-state index contributed by atoms with van der Waals surface area (Å²) >= 11 is 16.5. The van der Waals surface area contributed by atoms with Gasteiger partial charge >= 0.3 is 0 Å². The Labute approximate surface area is 236 Å². The van der Waals surface area contributed by atoms with Crippen LogP contribution in [0, 0.1) is 0 Å². The molecule has 4 rings (SSSR count). The van der Waals surface area contributed by atoms with Gasteiger partial charge in [0, 0.05) is 21.2 Å². The fourth-order valence-electron chi connectivity index (χ4n) is 3.51. The van der Waals surface area contributed by atoms with E-state index in [1.165, 1.54) is 0 Å². The van der Waals surface area contributed by atoms with Gasteiger partial charge in [-0.15, -0.1) is 0 Å². The van der Waals surface area contributed by atoms with Crippen LogP contribution in [0.4, 0.5) is 4.79 Å². The second-order valence-corrected chi connectivity index (χ2v) is 10.5. The number of thioether (sulfide) groups is 1. The van der Waals surface area contributed by atoms with Crippen molar-refractivity contribution in [3.05, 3.63) is 96.8 Å². The highest BCUT2D eigenvalue weighted by molar-refractivity contribution is 9.10. The van der Waals surface area contributed by atoms with Crippen LogP contribution in [0.2, 0.25) is 10.0 Å². The van der Waals surface area contributed by atoms with Crippen molar-refractivity contribution in [2.24, 2.45) is 0 Å². The molecule has 190 valence electrons. The van der Waals surface area contributed by atoms with Gasteiger partial charge in [-0.25, -0.2) is 0 Å². The number of hydrogen-bond acceptors (Lipinski definition) is 6. The van der Waals surface area contributed by atoms with E-state index < -0.39 is 11.1 Å². The fraction of sp³-hybridized carbons (Fsp3) is 0.148. The van der Waals surface area contributed by atoms with Gasteiger partial charge in [-0.2, -0.15) is 0 Å². The third-order valence-electron chi connectivity index (χ3n) is 5.29. The van der Waals surface area contributed by atoms with Crippen molar-refractivity contribution in [2.75, 3.05) is 13.2 Å². The minimum absolute atomic E-state index is 0.183. The molecule has 3 aromatic rings. The first-order chi connectivity index (χ1) is 17.8. The average molecular weight is 621 g/mol. The Balaban J connectivity index is 1.54. The maximum Gasteiger partial charge on any atom is 0.293 e. The number of hydrogen-bond donors (Lipinski definition) is 0. The van der Waals surface area contributed by atoms with E-state index in [9.17, 15) is 14.4 Å². The summed E-state index contributed by atoms with van der Waals surface area (Å²) in [6.07, 6.45) is 1.59. The molecule has 0 bridgehead atoms. The number of amides is 2. The smallest absolute Gasteiger partial charge is 0.293 e. The second-order valence-electron chi connectivity index (χ2n) is 7.84. The van der Waals surface area contributed by atoms with Crippen LogP contribution in [0.25, 0.3) is 6.08 Å². The molecule has 10 heteroatoms. The Kier molecular flexibility index (Phi) is 8.97. The molecule has 0 radical (unpaired) electrons. The van der Waals surface area contributed by atoms with Gasteiger partial charge in [-0.3, -0.25) is 19.3 Å². The summed E-state index contributed by atoms with van der Waals surface area (Å²) in [4.78, 5) is 39.1. The zero-order valence-electron chi connectivity index (χ0n) is 19.5. The molecule has 37 heavy (non-hydrogen) atoms. The molecule has 0 aliphatic carbocycles.